The number of hydrogen-bond donors (Lipinski definition) is 1. The lowest BCUT2D eigenvalue weighted by atomic mass is 10.1. The number of rotatable bonds is 7. The van der Waals surface area contributed by atoms with E-state index in [1.165, 1.54) is 0 Å². The summed E-state index contributed by atoms with van der Waals surface area (Å²) in [4.78, 5) is 0. The molecule has 0 fully saturated rings. The first-order chi connectivity index (χ1) is 11.1. The van der Waals surface area contributed by atoms with Crippen LogP contribution in [-0.2, 0) is 6.54 Å². The normalized spacial score (nSPS) is 11.9. The summed E-state index contributed by atoms with van der Waals surface area (Å²) in [6.45, 7) is 2.81. The second-order valence-corrected chi connectivity index (χ2v) is 5.63. The molecule has 0 heterocycles. The predicted molar refractivity (Wildman–Crippen MR) is 92.8 cm³/mol. The molecular formula is C18H22ClNO3. The lowest BCUT2D eigenvalue weighted by molar-refractivity contribution is 0.323. The number of methoxy groups -OCH3 is 3. The van der Waals surface area contributed by atoms with Crippen molar-refractivity contribution in [2.24, 2.45) is 0 Å². The first-order valence-electron chi connectivity index (χ1n) is 7.36. The maximum absolute atomic E-state index is 6.01. The average molecular weight is 336 g/mol. The van der Waals surface area contributed by atoms with Gasteiger partial charge in [-0.05, 0) is 42.3 Å². The summed E-state index contributed by atoms with van der Waals surface area (Å²) >= 11 is 6.01. The minimum atomic E-state index is 0.114. The van der Waals surface area contributed by atoms with E-state index < -0.39 is 0 Å². The number of ether oxygens (including phenoxy) is 3. The highest BCUT2D eigenvalue weighted by Gasteiger charge is 2.16. The van der Waals surface area contributed by atoms with E-state index in [2.05, 4.69) is 12.2 Å². The van der Waals surface area contributed by atoms with Crippen LogP contribution in [0, 0.1) is 0 Å². The third-order valence-electron chi connectivity index (χ3n) is 3.69. The van der Waals surface area contributed by atoms with E-state index >= 15 is 0 Å². The molecule has 4 nitrogen and oxygen atoms in total. The maximum Gasteiger partial charge on any atom is 0.203 e. The van der Waals surface area contributed by atoms with Crippen molar-refractivity contribution in [3.05, 3.63) is 52.5 Å². The summed E-state index contributed by atoms with van der Waals surface area (Å²) in [7, 11) is 4.83. The fourth-order valence-electron chi connectivity index (χ4n) is 2.39. The van der Waals surface area contributed by atoms with Crippen molar-refractivity contribution in [2.75, 3.05) is 21.3 Å². The van der Waals surface area contributed by atoms with Gasteiger partial charge in [0.25, 0.3) is 0 Å². The average Bonchev–Trinajstić information content (AvgIpc) is 2.58. The van der Waals surface area contributed by atoms with Gasteiger partial charge in [0, 0.05) is 17.6 Å². The summed E-state index contributed by atoms with van der Waals surface area (Å²) in [5.74, 6) is 1.90. The highest BCUT2D eigenvalue weighted by molar-refractivity contribution is 6.30. The second-order valence-electron chi connectivity index (χ2n) is 5.19. The third kappa shape index (κ3) is 4.30. The molecular weight excluding hydrogens is 314 g/mol. The van der Waals surface area contributed by atoms with Gasteiger partial charge in [-0.15, -0.1) is 0 Å². The Bertz CT molecular complexity index is 635. The molecule has 0 aliphatic rings. The van der Waals surface area contributed by atoms with Crippen LogP contribution < -0.4 is 19.5 Å². The van der Waals surface area contributed by atoms with E-state index in [-0.39, 0.29) is 6.04 Å². The fraction of sp³-hybridized carbons (Fsp3) is 0.333. The molecule has 0 saturated carbocycles. The number of benzene rings is 2. The maximum atomic E-state index is 6.01. The first-order valence-corrected chi connectivity index (χ1v) is 7.74. The monoisotopic (exact) mass is 335 g/mol. The molecule has 0 aliphatic carbocycles. The molecule has 0 spiro atoms. The van der Waals surface area contributed by atoms with Crippen LogP contribution in [0.1, 0.15) is 24.1 Å². The van der Waals surface area contributed by atoms with E-state index in [0.29, 0.717) is 17.2 Å². The summed E-state index contributed by atoms with van der Waals surface area (Å²) in [6, 6.07) is 11.8. The van der Waals surface area contributed by atoms with Gasteiger partial charge in [-0.25, -0.2) is 0 Å². The van der Waals surface area contributed by atoms with Gasteiger partial charge in [-0.1, -0.05) is 23.7 Å². The standard InChI is InChI=1S/C18H22ClNO3/c1-12(20-11-13-6-5-7-15(19)8-13)14-9-16(21-2)18(23-4)17(10-14)22-3/h5-10,12,20H,11H2,1-4H3. The van der Waals surface area contributed by atoms with Crippen LogP contribution in [-0.4, -0.2) is 21.3 Å². The van der Waals surface area contributed by atoms with Crippen molar-refractivity contribution in [3.8, 4) is 17.2 Å². The Balaban J connectivity index is 2.16. The van der Waals surface area contributed by atoms with E-state index in [4.69, 9.17) is 25.8 Å². The highest BCUT2D eigenvalue weighted by Crippen LogP contribution is 2.39. The van der Waals surface area contributed by atoms with Crippen LogP contribution in [0.15, 0.2) is 36.4 Å². The van der Waals surface area contributed by atoms with Gasteiger partial charge in [0.15, 0.2) is 11.5 Å². The van der Waals surface area contributed by atoms with Crippen molar-refractivity contribution in [1.29, 1.82) is 0 Å². The molecule has 0 bridgehead atoms. The number of nitrogens with one attached hydrogen (secondary N) is 1. The van der Waals surface area contributed by atoms with Crippen LogP contribution in [0.2, 0.25) is 5.02 Å². The Hall–Kier alpha value is -1.91. The quantitative estimate of drug-likeness (QED) is 0.822. The molecule has 2 rings (SSSR count). The Morgan fingerprint density at radius 2 is 1.65 bits per heavy atom. The predicted octanol–water partition coefficient (Wildman–Crippen LogP) is 4.22. The van der Waals surface area contributed by atoms with Crippen molar-refractivity contribution in [2.45, 2.75) is 19.5 Å². The van der Waals surface area contributed by atoms with Gasteiger partial charge >= 0.3 is 0 Å². The zero-order valence-electron chi connectivity index (χ0n) is 13.9. The van der Waals surface area contributed by atoms with Gasteiger partial charge in [-0.3, -0.25) is 0 Å². The van der Waals surface area contributed by atoms with Gasteiger partial charge in [-0.2, -0.15) is 0 Å². The van der Waals surface area contributed by atoms with Crippen molar-refractivity contribution < 1.29 is 14.2 Å². The SMILES string of the molecule is COc1cc(C(C)NCc2cccc(Cl)c2)cc(OC)c1OC. The van der Waals surface area contributed by atoms with Gasteiger partial charge in [0.1, 0.15) is 0 Å². The van der Waals surface area contributed by atoms with Gasteiger partial charge < -0.3 is 19.5 Å². The van der Waals surface area contributed by atoms with E-state index in [1.807, 2.05) is 36.4 Å². The van der Waals surface area contributed by atoms with E-state index in [1.54, 1.807) is 21.3 Å². The zero-order chi connectivity index (χ0) is 16.8. The molecule has 124 valence electrons. The van der Waals surface area contributed by atoms with Crippen molar-refractivity contribution >= 4 is 11.6 Å². The van der Waals surface area contributed by atoms with Crippen LogP contribution in [0.4, 0.5) is 0 Å². The second kappa shape index (κ2) is 8.09. The largest absolute Gasteiger partial charge is 0.493 e. The number of halogens is 1. The fourth-order valence-corrected chi connectivity index (χ4v) is 2.60. The molecule has 1 unspecified atom stereocenters. The number of hydrogen-bond acceptors (Lipinski definition) is 4. The summed E-state index contributed by atoms with van der Waals surface area (Å²) in [6.07, 6.45) is 0. The lowest BCUT2D eigenvalue weighted by Crippen LogP contribution is -2.18. The van der Waals surface area contributed by atoms with Crippen LogP contribution in [0.3, 0.4) is 0 Å². The first kappa shape index (κ1) is 17.4. The lowest BCUT2D eigenvalue weighted by Gasteiger charge is -2.19. The van der Waals surface area contributed by atoms with Crippen LogP contribution >= 0.6 is 11.6 Å². The molecule has 0 amide bonds. The summed E-state index contributed by atoms with van der Waals surface area (Å²) in [5, 5.41) is 4.21. The molecule has 0 aromatic heterocycles. The highest BCUT2D eigenvalue weighted by atomic mass is 35.5. The van der Waals surface area contributed by atoms with E-state index in [9.17, 15) is 0 Å². The van der Waals surface area contributed by atoms with Crippen LogP contribution in [0.5, 0.6) is 17.2 Å². The molecule has 0 radical (unpaired) electrons. The van der Waals surface area contributed by atoms with E-state index in [0.717, 1.165) is 22.7 Å². The molecule has 23 heavy (non-hydrogen) atoms. The topological polar surface area (TPSA) is 39.7 Å². The molecule has 1 atom stereocenters. The smallest absolute Gasteiger partial charge is 0.203 e. The Labute approximate surface area is 142 Å². The Kier molecular flexibility index (Phi) is 6.13. The Morgan fingerprint density at radius 3 is 2.17 bits per heavy atom. The molecule has 2 aromatic rings. The Morgan fingerprint density at radius 1 is 1.00 bits per heavy atom. The van der Waals surface area contributed by atoms with Crippen molar-refractivity contribution in [1.82, 2.24) is 5.32 Å². The van der Waals surface area contributed by atoms with Gasteiger partial charge in [0.2, 0.25) is 5.75 Å². The van der Waals surface area contributed by atoms with Crippen molar-refractivity contribution in [3.63, 3.8) is 0 Å². The molecule has 5 heteroatoms. The molecule has 1 N–H and O–H groups in total. The molecule has 0 aliphatic heterocycles. The zero-order valence-corrected chi connectivity index (χ0v) is 14.6. The summed E-state index contributed by atoms with van der Waals surface area (Å²) < 4.78 is 16.1. The molecule has 0 saturated heterocycles. The minimum absolute atomic E-state index is 0.114. The summed E-state index contributed by atoms with van der Waals surface area (Å²) in [5.41, 5.74) is 2.19. The van der Waals surface area contributed by atoms with Crippen LogP contribution in [0.25, 0.3) is 0 Å². The third-order valence-corrected chi connectivity index (χ3v) is 3.92. The minimum Gasteiger partial charge on any atom is -0.493 e. The van der Waals surface area contributed by atoms with Gasteiger partial charge in [0.05, 0.1) is 21.3 Å². The molecule has 2 aromatic carbocycles.